The van der Waals surface area contributed by atoms with Crippen molar-refractivity contribution in [2.24, 2.45) is 0 Å². The highest BCUT2D eigenvalue weighted by molar-refractivity contribution is 14.1. The number of nitrogens with one attached hydrogen (secondary N) is 2. The minimum absolute atomic E-state index is 0.190. The molecule has 0 spiro atoms. The number of hydrogen-bond donors (Lipinski definition) is 2. The number of amides is 2. The molecule has 27 heavy (non-hydrogen) atoms. The molecule has 0 saturated carbocycles. The third-order valence-corrected chi connectivity index (χ3v) is 4.75. The molecule has 4 nitrogen and oxygen atoms in total. The highest BCUT2D eigenvalue weighted by Gasteiger charge is 2.22. The van der Waals surface area contributed by atoms with Crippen LogP contribution >= 0.6 is 22.6 Å². The Kier molecular flexibility index (Phi) is 6.18. The van der Waals surface area contributed by atoms with Crippen LogP contribution in [0.2, 0.25) is 0 Å². The lowest BCUT2D eigenvalue weighted by Crippen LogP contribution is -2.41. The summed E-state index contributed by atoms with van der Waals surface area (Å²) >= 11 is 1.87. The van der Waals surface area contributed by atoms with Gasteiger partial charge in [-0.25, -0.2) is 4.39 Å². The van der Waals surface area contributed by atoms with Gasteiger partial charge < -0.3 is 10.6 Å². The number of rotatable bonds is 5. The monoisotopic (exact) mass is 474 g/mol. The predicted molar refractivity (Wildman–Crippen MR) is 110 cm³/mol. The third-order valence-electron chi connectivity index (χ3n) is 3.92. The van der Waals surface area contributed by atoms with Crippen LogP contribution < -0.4 is 10.6 Å². The van der Waals surface area contributed by atoms with E-state index in [0.717, 1.165) is 0 Å². The summed E-state index contributed by atoms with van der Waals surface area (Å²) in [7, 11) is 0. The molecule has 136 valence electrons. The van der Waals surface area contributed by atoms with Crippen molar-refractivity contribution in [1.82, 2.24) is 10.6 Å². The zero-order valence-corrected chi connectivity index (χ0v) is 16.3. The first kappa shape index (κ1) is 19.0. The van der Waals surface area contributed by atoms with E-state index in [4.69, 9.17) is 0 Å². The van der Waals surface area contributed by atoms with Gasteiger partial charge in [-0.3, -0.25) is 9.59 Å². The van der Waals surface area contributed by atoms with Crippen molar-refractivity contribution in [2.75, 3.05) is 0 Å². The second-order valence-electron chi connectivity index (χ2n) is 5.76. The Morgan fingerprint density at radius 2 is 1.22 bits per heavy atom. The Morgan fingerprint density at radius 1 is 0.741 bits per heavy atom. The van der Waals surface area contributed by atoms with Gasteiger partial charge in [-0.05, 0) is 52.9 Å². The van der Waals surface area contributed by atoms with Gasteiger partial charge in [0.15, 0.2) is 0 Å². The molecule has 2 N–H and O–H groups in total. The molecule has 0 saturated heterocycles. The van der Waals surface area contributed by atoms with Crippen molar-refractivity contribution < 1.29 is 14.0 Å². The number of benzene rings is 3. The van der Waals surface area contributed by atoms with Crippen LogP contribution in [0.1, 0.15) is 32.4 Å². The average molecular weight is 474 g/mol. The molecule has 0 aliphatic carbocycles. The highest BCUT2D eigenvalue weighted by atomic mass is 127. The molecule has 3 aromatic rings. The Balaban J connectivity index is 1.90. The van der Waals surface area contributed by atoms with E-state index in [2.05, 4.69) is 10.6 Å². The van der Waals surface area contributed by atoms with Gasteiger partial charge in [0.25, 0.3) is 11.8 Å². The summed E-state index contributed by atoms with van der Waals surface area (Å²) in [5.41, 5.74) is 1.03. The van der Waals surface area contributed by atoms with E-state index in [1.165, 1.54) is 0 Å². The van der Waals surface area contributed by atoms with Gasteiger partial charge in [-0.1, -0.05) is 48.5 Å². The second-order valence-corrected chi connectivity index (χ2v) is 6.92. The molecule has 2 amide bonds. The van der Waals surface area contributed by atoms with Crippen LogP contribution in [0.3, 0.4) is 0 Å². The molecule has 3 rings (SSSR count). The van der Waals surface area contributed by atoms with Crippen molar-refractivity contribution in [2.45, 2.75) is 6.17 Å². The maximum atomic E-state index is 14.6. The SMILES string of the molecule is O=C(NC(NC(=O)c1ccccc1)c1cccc(I)c1F)c1ccccc1. The minimum atomic E-state index is -1.01. The summed E-state index contributed by atoms with van der Waals surface area (Å²) < 4.78 is 15.0. The van der Waals surface area contributed by atoms with Crippen molar-refractivity contribution in [3.63, 3.8) is 0 Å². The Morgan fingerprint density at radius 3 is 1.70 bits per heavy atom. The van der Waals surface area contributed by atoms with Crippen molar-refractivity contribution in [3.05, 3.63) is 105 Å². The van der Waals surface area contributed by atoms with E-state index in [1.807, 2.05) is 22.6 Å². The molecule has 0 aromatic heterocycles. The van der Waals surface area contributed by atoms with Crippen LogP contribution in [0.5, 0.6) is 0 Å². The Bertz CT molecular complexity index is 895. The van der Waals surface area contributed by atoms with E-state index in [-0.39, 0.29) is 5.56 Å². The van der Waals surface area contributed by atoms with Gasteiger partial charge in [0, 0.05) is 20.3 Å². The molecule has 0 atom stereocenters. The Labute approximate surface area is 169 Å². The smallest absolute Gasteiger partial charge is 0.253 e. The van der Waals surface area contributed by atoms with Crippen LogP contribution in [0.25, 0.3) is 0 Å². The fraction of sp³-hybridized carbons (Fsp3) is 0.0476. The number of carbonyl (C=O) groups is 2. The first-order chi connectivity index (χ1) is 13.1. The summed E-state index contributed by atoms with van der Waals surface area (Å²) in [4.78, 5) is 25.1. The Hall–Kier alpha value is -2.74. The van der Waals surface area contributed by atoms with Gasteiger partial charge in [-0.2, -0.15) is 0 Å². The largest absolute Gasteiger partial charge is 0.328 e. The van der Waals surface area contributed by atoms with Gasteiger partial charge in [-0.15, -0.1) is 0 Å². The average Bonchev–Trinajstić information content (AvgIpc) is 2.71. The molecular weight excluding hydrogens is 458 g/mol. The summed E-state index contributed by atoms with van der Waals surface area (Å²) in [6, 6.07) is 22.0. The minimum Gasteiger partial charge on any atom is -0.328 e. The lowest BCUT2D eigenvalue weighted by molar-refractivity contribution is 0.0882. The van der Waals surface area contributed by atoms with Gasteiger partial charge in [0.05, 0.1) is 0 Å². The fourth-order valence-electron chi connectivity index (χ4n) is 2.54. The van der Waals surface area contributed by atoms with Crippen LogP contribution in [0.4, 0.5) is 4.39 Å². The lowest BCUT2D eigenvalue weighted by Gasteiger charge is -2.22. The first-order valence-corrected chi connectivity index (χ1v) is 9.30. The van der Waals surface area contributed by atoms with E-state index in [0.29, 0.717) is 14.7 Å². The molecule has 0 bridgehead atoms. The lowest BCUT2D eigenvalue weighted by atomic mass is 10.1. The van der Waals surface area contributed by atoms with Crippen LogP contribution in [-0.4, -0.2) is 11.8 Å². The van der Waals surface area contributed by atoms with Crippen LogP contribution in [-0.2, 0) is 0 Å². The maximum absolute atomic E-state index is 14.6. The predicted octanol–water partition coefficient (Wildman–Crippen LogP) is 4.29. The molecule has 0 aliphatic heterocycles. The van der Waals surface area contributed by atoms with E-state index >= 15 is 0 Å². The van der Waals surface area contributed by atoms with Gasteiger partial charge >= 0.3 is 0 Å². The molecule has 3 aromatic carbocycles. The topological polar surface area (TPSA) is 58.2 Å². The molecule has 0 unspecified atom stereocenters. The zero-order valence-electron chi connectivity index (χ0n) is 14.2. The second kappa shape index (κ2) is 8.77. The van der Waals surface area contributed by atoms with Crippen molar-refractivity contribution in [3.8, 4) is 0 Å². The quantitative estimate of drug-likeness (QED) is 0.429. The standard InChI is InChI=1S/C21H16FIN2O2/c22-18-16(12-7-13-17(18)23)19(24-20(26)14-8-3-1-4-9-14)25-21(27)15-10-5-2-6-11-15/h1-13,19H,(H,24,26)(H,25,27). The van der Waals surface area contributed by atoms with E-state index in [9.17, 15) is 14.0 Å². The fourth-order valence-corrected chi connectivity index (χ4v) is 3.06. The van der Waals surface area contributed by atoms with Crippen molar-refractivity contribution >= 4 is 34.4 Å². The molecule has 0 radical (unpaired) electrons. The third kappa shape index (κ3) is 4.71. The van der Waals surface area contributed by atoms with Crippen LogP contribution in [0.15, 0.2) is 78.9 Å². The zero-order chi connectivity index (χ0) is 19.2. The van der Waals surface area contributed by atoms with Crippen molar-refractivity contribution in [1.29, 1.82) is 0 Å². The summed E-state index contributed by atoms with van der Waals surface area (Å²) in [6.45, 7) is 0. The molecule has 6 heteroatoms. The summed E-state index contributed by atoms with van der Waals surface area (Å²) in [6.07, 6.45) is -1.01. The van der Waals surface area contributed by atoms with Gasteiger partial charge in [0.2, 0.25) is 0 Å². The van der Waals surface area contributed by atoms with Crippen LogP contribution in [0, 0.1) is 9.39 Å². The molecule has 0 aliphatic rings. The molecular formula is C21H16FIN2O2. The normalized spacial score (nSPS) is 10.5. The maximum Gasteiger partial charge on any atom is 0.253 e. The summed E-state index contributed by atoms with van der Waals surface area (Å²) in [5.74, 6) is -1.30. The first-order valence-electron chi connectivity index (χ1n) is 8.22. The number of hydrogen-bond acceptors (Lipinski definition) is 2. The summed E-state index contributed by atoms with van der Waals surface area (Å²) in [5, 5.41) is 5.41. The van der Waals surface area contributed by atoms with E-state index in [1.54, 1.807) is 78.9 Å². The molecule has 0 fully saturated rings. The highest BCUT2D eigenvalue weighted by Crippen LogP contribution is 2.21. The van der Waals surface area contributed by atoms with E-state index < -0.39 is 23.8 Å². The number of carbonyl (C=O) groups excluding carboxylic acids is 2. The number of halogens is 2. The van der Waals surface area contributed by atoms with Gasteiger partial charge in [0.1, 0.15) is 12.0 Å². The molecule has 0 heterocycles.